The molecule has 0 spiro atoms. The zero-order chi connectivity index (χ0) is 51.1. The van der Waals surface area contributed by atoms with E-state index in [4.69, 9.17) is 8.83 Å². The lowest BCUT2D eigenvalue weighted by Gasteiger charge is -2.31. The van der Waals surface area contributed by atoms with Crippen molar-refractivity contribution in [3.05, 3.63) is 226 Å². The quantitative estimate of drug-likeness (QED) is 0.173. The highest BCUT2D eigenvalue weighted by atomic mass is 16.3. The van der Waals surface area contributed by atoms with E-state index in [9.17, 15) is 0 Å². The van der Waals surface area contributed by atoms with Gasteiger partial charge in [0.25, 0.3) is 0 Å². The third-order valence-corrected chi connectivity index (χ3v) is 19.4. The first-order valence-electron chi connectivity index (χ1n) is 27.2. The van der Waals surface area contributed by atoms with Gasteiger partial charge in [-0.3, -0.25) is 0 Å². The van der Waals surface area contributed by atoms with E-state index in [0.29, 0.717) is 0 Å². The number of hydrogen-bond acceptors (Lipinski definition) is 2. The molecule has 2 aromatic heterocycles. The van der Waals surface area contributed by atoms with Crippen LogP contribution in [0.2, 0.25) is 0 Å². The van der Waals surface area contributed by atoms with Crippen LogP contribution in [-0.4, -0.2) is 0 Å². The van der Waals surface area contributed by atoms with Gasteiger partial charge in [-0.25, -0.2) is 0 Å². The molecule has 11 aromatic carbocycles. The first kappa shape index (κ1) is 42.8. The van der Waals surface area contributed by atoms with Crippen LogP contribution in [-0.2, 0) is 21.7 Å². The Morgan fingerprint density at radius 3 is 1.09 bits per heavy atom. The standard InChI is InChI=1S/C74H54O2/c1-71(2)53-33-27-39-17-9-11-19-43(39)61(53)45-29-25-41(35-55(45)71)51-37-57-63(65-47-21-13-15-23-59(47)75-69(51)65)49-31-32-50-64-58(74(7,8)68(50)67(49)73(57,5)6)38-52(70-66(64)48-22-14-16-24-60(48)76-70)42-26-30-46-56(36-42)72(3,4)54-34-28-40-18-10-12-20-44(40)62(46)54/h9-38H,1-8H3. The molecule has 13 aromatic rings. The van der Waals surface area contributed by atoms with Gasteiger partial charge in [0.05, 0.1) is 0 Å². The van der Waals surface area contributed by atoms with Gasteiger partial charge >= 0.3 is 0 Å². The molecule has 2 nitrogen and oxygen atoms in total. The van der Waals surface area contributed by atoms with E-state index in [-0.39, 0.29) is 21.7 Å². The maximum absolute atomic E-state index is 7.12. The van der Waals surface area contributed by atoms with Crippen LogP contribution in [0, 0.1) is 0 Å². The molecule has 0 radical (unpaired) electrons. The number of benzene rings is 11. The fraction of sp³-hybridized carbons (Fsp3) is 0.162. The molecule has 0 bridgehead atoms. The van der Waals surface area contributed by atoms with Crippen LogP contribution in [0.25, 0.3) is 132 Å². The largest absolute Gasteiger partial charge is 0.455 e. The van der Waals surface area contributed by atoms with Gasteiger partial charge in [0.1, 0.15) is 22.3 Å². The lowest BCUT2D eigenvalue weighted by molar-refractivity contribution is 0.601. The monoisotopic (exact) mass is 974 g/mol. The molecular weight excluding hydrogens is 921 g/mol. The highest BCUT2D eigenvalue weighted by Gasteiger charge is 2.49. The Morgan fingerprint density at radius 2 is 0.658 bits per heavy atom. The first-order valence-corrected chi connectivity index (χ1v) is 27.2. The summed E-state index contributed by atoms with van der Waals surface area (Å²) < 4.78 is 14.2. The minimum absolute atomic E-state index is 0.172. The molecular formula is C74H54O2. The average molecular weight is 975 g/mol. The molecule has 0 unspecified atom stereocenters. The Kier molecular flexibility index (Phi) is 7.82. The zero-order valence-electron chi connectivity index (χ0n) is 44.1. The van der Waals surface area contributed by atoms with Crippen molar-refractivity contribution in [3.8, 4) is 66.8 Å². The molecule has 0 N–H and O–H groups in total. The molecule has 0 saturated heterocycles. The van der Waals surface area contributed by atoms with Crippen molar-refractivity contribution in [2.24, 2.45) is 0 Å². The van der Waals surface area contributed by atoms with Gasteiger partial charge in [0.2, 0.25) is 0 Å². The third kappa shape index (κ3) is 5.05. The summed E-state index contributed by atoms with van der Waals surface area (Å²) in [6.07, 6.45) is 0. The number of para-hydroxylation sites is 2. The van der Waals surface area contributed by atoms with E-state index in [2.05, 4.69) is 237 Å². The Balaban J connectivity index is 0.879. The summed E-state index contributed by atoms with van der Waals surface area (Å²) in [5.74, 6) is 0. The van der Waals surface area contributed by atoms with Crippen molar-refractivity contribution in [1.29, 1.82) is 0 Å². The Morgan fingerprint density at radius 1 is 0.276 bits per heavy atom. The van der Waals surface area contributed by atoms with E-state index < -0.39 is 0 Å². The highest BCUT2D eigenvalue weighted by Crippen LogP contribution is 2.64. The van der Waals surface area contributed by atoms with Gasteiger partial charge in [0, 0.05) is 54.3 Å². The van der Waals surface area contributed by atoms with E-state index in [1.165, 1.54) is 132 Å². The maximum atomic E-state index is 7.12. The van der Waals surface area contributed by atoms with Crippen molar-refractivity contribution in [1.82, 2.24) is 0 Å². The third-order valence-electron chi connectivity index (χ3n) is 19.4. The molecule has 0 saturated carbocycles. The van der Waals surface area contributed by atoms with Crippen LogP contribution in [0.15, 0.2) is 191 Å². The molecule has 4 aliphatic carbocycles. The number of fused-ring (bicyclic) bond motifs is 25. The molecule has 2 heterocycles. The molecule has 17 rings (SSSR count). The lowest BCUT2D eigenvalue weighted by Crippen LogP contribution is -2.24. The van der Waals surface area contributed by atoms with Crippen LogP contribution in [0.1, 0.15) is 99.9 Å². The molecule has 76 heavy (non-hydrogen) atoms. The molecule has 0 amide bonds. The molecule has 0 fully saturated rings. The minimum Gasteiger partial charge on any atom is -0.455 e. The van der Waals surface area contributed by atoms with Gasteiger partial charge in [-0.05, 0) is 158 Å². The SMILES string of the molecule is CC1(C)c2cc(-c3cc4c(c5c3oc3ccccc35)-c3ccc5c(c3C4(C)C)C(C)(C)c3cc(-c4ccc6c(c4)C(C)(C)c4ccc7ccccc7c4-6)c4oc6ccccc6c4c3-5)ccc2-c2c1ccc1ccccc21. The Bertz CT molecular complexity index is 4560. The molecule has 362 valence electrons. The van der Waals surface area contributed by atoms with Gasteiger partial charge < -0.3 is 8.83 Å². The van der Waals surface area contributed by atoms with Crippen LogP contribution in [0.5, 0.6) is 0 Å². The highest BCUT2D eigenvalue weighted by molar-refractivity contribution is 6.22. The van der Waals surface area contributed by atoms with Crippen molar-refractivity contribution in [2.75, 3.05) is 0 Å². The predicted octanol–water partition coefficient (Wildman–Crippen LogP) is 20.4. The first-order chi connectivity index (χ1) is 36.7. The van der Waals surface area contributed by atoms with E-state index in [1.54, 1.807) is 0 Å². The number of rotatable bonds is 2. The fourth-order valence-corrected chi connectivity index (χ4v) is 15.7. The summed E-state index contributed by atoms with van der Waals surface area (Å²) in [5.41, 5.74) is 29.0. The van der Waals surface area contributed by atoms with Crippen LogP contribution >= 0.6 is 0 Å². The van der Waals surface area contributed by atoms with Crippen LogP contribution in [0.3, 0.4) is 0 Å². The van der Waals surface area contributed by atoms with Crippen LogP contribution < -0.4 is 0 Å². The smallest absolute Gasteiger partial charge is 0.143 e. The normalized spacial score (nSPS) is 16.3. The van der Waals surface area contributed by atoms with Gasteiger partial charge in [-0.2, -0.15) is 0 Å². The van der Waals surface area contributed by atoms with Gasteiger partial charge in [-0.15, -0.1) is 0 Å². The summed E-state index contributed by atoms with van der Waals surface area (Å²) in [7, 11) is 0. The second-order valence-electron chi connectivity index (χ2n) is 24.6. The van der Waals surface area contributed by atoms with Gasteiger partial charge in [0.15, 0.2) is 0 Å². The summed E-state index contributed by atoms with van der Waals surface area (Å²) in [5, 5.41) is 9.93. The molecule has 4 aliphatic rings. The van der Waals surface area contributed by atoms with E-state index in [1.807, 2.05) is 0 Å². The minimum atomic E-state index is -0.354. The van der Waals surface area contributed by atoms with Crippen molar-refractivity contribution in [2.45, 2.75) is 77.0 Å². The topological polar surface area (TPSA) is 26.3 Å². The lowest BCUT2D eigenvalue weighted by atomic mass is 9.72. The summed E-state index contributed by atoms with van der Waals surface area (Å²) in [6, 6.07) is 68.7. The Hall–Kier alpha value is -8.46. The average Bonchev–Trinajstić information content (AvgIpc) is 4.33. The zero-order valence-corrected chi connectivity index (χ0v) is 44.1. The van der Waals surface area contributed by atoms with E-state index in [0.717, 1.165) is 44.2 Å². The van der Waals surface area contributed by atoms with Crippen molar-refractivity contribution >= 4 is 65.4 Å². The second-order valence-corrected chi connectivity index (χ2v) is 24.6. The van der Waals surface area contributed by atoms with Crippen molar-refractivity contribution in [3.63, 3.8) is 0 Å². The van der Waals surface area contributed by atoms with Gasteiger partial charge in [-0.1, -0.05) is 201 Å². The van der Waals surface area contributed by atoms with E-state index >= 15 is 0 Å². The summed E-state index contributed by atoms with van der Waals surface area (Å²) in [4.78, 5) is 0. The fourth-order valence-electron chi connectivity index (χ4n) is 15.7. The molecule has 2 heteroatoms. The predicted molar refractivity (Wildman–Crippen MR) is 317 cm³/mol. The number of furan rings is 2. The van der Waals surface area contributed by atoms with Crippen molar-refractivity contribution < 1.29 is 8.83 Å². The number of hydrogen-bond donors (Lipinski definition) is 0. The molecule has 0 atom stereocenters. The second kappa shape index (κ2) is 13.9. The summed E-state index contributed by atoms with van der Waals surface area (Å²) in [6.45, 7) is 19.5. The maximum Gasteiger partial charge on any atom is 0.143 e. The Labute approximate surface area is 442 Å². The van der Waals surface area contributed by atoms with Crippen LogP contribution in [0.4, 0.5) is 0 Å². The molecule has 0 aliphatic heterocycles. The summed E-state index contributed by atoms with van der Waals surface area (Å²) >= 11 is 0.